The highest BCUT2D eigenvalue weighted by Crippen LogP contribution is 2.40. The Balaban J connectivity index is 1.95. The average Bonchev–Trinajstić information content (AvgIpc) is 2.86. The summed E-state index contributed by atoms with van der Waals surface area (Å²) in [4.78, 5) is 25.6. The molecule has 1 aliphatic heterocycles. The van der Waals surface area contributed by atoms with Gasteiger partial charge in [-0.05, 0) is 43.2 Å². The minimum atomic E-state index is -0.350. The Labute approximate surface area is 156 Å². The molecule has 0 saturated carbocycles. The van der Waals surface area contributed by atoms with E-state index in [1.54, 1.807) is 10.7 Å². The van der Waals surface area contributed by atoms with E-state index in [1.807, 2.05) is 62.0 Å². The van der Waals surface area contributed by atoms with Crippen molar-refractivity contribution in [2.45, 2.75) is 26.2 Å². The zero-order valence-electron chi connectivity index (χ0n) is 15.5. The van der Waals surface area contributed by atoms with Crippen LogP contribution in [0.1, 0.15) is 34.7 Å². The van der Waals surface area contributed by atoms with Crippen LogP contribution in [0.5, 0.6) is 5.75 Å². The van der Waals surface area contributed by atoms with Crippen LogP contribution in [0.2, 0.25) is 0 Å². The highest BCUT2D eigenvalue weighted by molar-refractivity contribution is 5.95. The first-order valence-electron chi connectivity index (χ1n) is 8.85. The van der Waals surface area contributed by atoms with Gasteiger partial charge in [0.15, 0.2) is 0 Å². The van der Waals surface area contributed by atoms with E-state index < -0.39 is 0 Å². The molecule has 2 heterocycles. The van der Waals surface area contributed by atoms with Crippen molar-refractivity contribution < 1.29 is 9.90 Å². The Hall–Kier alpha value is -3.28. The lowest BCUT2D eigenvalue weighted by atomic mass is 9.84. The zero-order valence-corrected chi connectivity index (χ0v) is 15.5. The molecule has 138 valence electrons. The molecular weight excluding hydrogens is 342 g/mol. The maximum Gasteiger partial charge on any atom is 0.275 e. The monoisotopic (exact) mass is 363 g/mol. The number of aromatic hydroxyl groups is 1. The number of rotatable bonds is 2. The molecule has 0 radical (unpaired) electrons. The highest BCUT2D eigenvalue weighted by Gasteiger charge is 2.32. The van der Waals surface area contributed by atoms with E-state index >= 15 is 0 Å². The smallest absolute Gasteiger partial charge is 0.275 e. The van der Waals surface area contributed by atoms with Crippen molar-refractivity contribution in [1.29, 1.82) is 0 Å². The fraction of sp³-hybridized carbons (Fsp3) is 0.238. The van der Waals surface area contributed by atoms with Gasteiger partial charge in [-0.3, -0.25) is 14.3 Å². The van der Waals surface area contributed by atoms with E-state index in [2.05, 4.69) is 5.32 Å². The summed E-state index contributed by atoms with van der Waals surface area (Å²) < 4.78 is 3.45. The number of carbonyl (C=O) groups is 1. The lowest BCUT2D eigenvalue weighted by Gasteiger charge is -2.26. The number of phenolic OH excluding ortho intramolecular Hbond substituents is 1. The molecule has 1 aromatic heterocycles. The molecule has 1 aliphatic rings. The summed E-state index contributed by atoms with van der Waals surface area (Å²) in [6.07, 6.45) is 0.200. The standard InChI is InChI=1S/C21H21N3O3/c1-12-9-15-16(10-19(26)22-17(15)11-18(12)25)20-13(2)23(3)24(21(20)27)14-7-5-4-6-8-14/h4-9,11,16,25H,10H2,1-3H3,(H,22,26)/t16-/m1/s1. The van der Waals surface area contributed by atoms with Crippen LogP contribution < -0.4 is 10.9 Å². The minimum Gasteiger partial charge on any atom is -0.508 e. The van der Waals surface area contributed by atoms with Gasteiger partial charge >= 0.3 is 0 Å². The van der Waals surface area contributed by atoms with Gasteiger partial charge in [-0.2, -0.15) is 0 Å². The Morgan fingerprint density at radius 1 is 1.11 bits per heavy atom. The van der Waals surface area contributed by atoms with Crippen molar-refractivity contribution >= 4 is 11.6 Å². The highest BCUT2D eigenvalue weighted by atomic mass is 16.3. The average molecular weight is 363 g/mol. The molecule has 6 nitrogen and oxygen atoms in total. The first-order chi connectivity index (χ1) is 12.9. The number of phenols is 1. The predicted octanol–water partition coefficient (Wildman–Crippen LogP) is 2.97. The molecule has 2 aromatic carbocycles. The molecule has 0 fully saturated rings. The normalized spacial score (nSPS) is 16.1. The van der Waals surface area contributed by atoms with Gasteiger partial charge in [0.2, 0.25) is 5.91 Å². The molecule has 1 atom stereocenters. The summed E-state index contributed by atoms with van der Waals surface area (Å²) >= 11 is 0. The molecule has 3 aromatic rings. The molecule has 0 spiro atoms. The van der Waals surface area contributed by atoms with Gasteiger partial charge in [-0.15, -0.1) is 0 Å². The molecule has 4 rings (SSSR count). The van der Waals surface area contributed by atoms with Gasteiger partial charge in [0.05, 0.1) is 5.69 Å². The Morgan fingerprint density at radius 2 is 1.81 bits per heavy atom. The van der Waals surface area contributed by atoms with Crippen LogP contribution in [-0.2, 0) is 11.8 Å². The van der Waals surface area contributed by atoms with E-state index in [-0.39, 0.29) is 29.6 Å². The quantitative estimate of drug-likeness (QED) is 0.735. The number of nitrogens with one attached hydrogen (secondary N) is 1. The number of aromatic nitrogens is 2. The number of aryl methyl sites for hydroxylation is 1. The van der Waals surface area contributed by atoms with Gasteiger partial charge < -0.3 is 10.4 Å². The second kappa shape index (κ2) is 6.16. The summed E-state index contributed by atoms with van der Waals surface area (Å²) in [5, 5.41) is 12.8. The van der Waals surface area contributed by atoms with Crippen molar-refractivity contribution in [3.05, 3.63) is 75.2 Å². The summed E-state index contributed by atoms with van der Waals surface area (Å²) in [6.45, 7) is 3.71. The van der Waals surface area contributed by atoms with Crippen LogP contribution in [0.15, 0.2) is 47.3 Å². The number of hydrogen-bond donors (Lipinski definition) is 2. The molecule has 27 heavy (non-hydrogen) atoms. The van der Waals surface area contributed by atoms with Gasteiger partial charge in [-0.1, -0.05) is 18.2 Å². The van der Waals surface area contributed by atoms with E-state index in [0.29, 0.717) is 16.8 Å². The number of benzene rings is 2. The summed E-state index contributed by atoms with van der Waals surface area (Å²) in [7, 11) is 1.85. The molecule has 0 bridgehead atoms. The maximum absolute atomic E-state index is 13.3. The van der Waals surface area contributed by atoms with Crippen LogP contribution in [0.4, 0.5) is 5.69 Å². The van der Waals surface area contributed by atoms with Crippen LogP contribution >= 0.6 is 0 Å². The lowest BCUT2D eigenvalue weighted by molar-refractivity contribution is -0.116. The van der Waals surface area contributed by atoms with E-state index in [1.165, 1.54) is 0 Å². The molecule has 1 amide bonds. The van der Waals surface area contributed by atoms with Crippen LogP contribution in [0.3, 0.4) is 0 Å². The van der Waals surface area contributed by atoms with Crippen molar-refractivity contribution in [2.75, 3.05) is 5.32 Å². The summed E-state index contributed by atoms with van der Waals surface area (Å²) in [5.41, 5.74) is 4.22. The minimum absolute atomic E-state index is 0.126. The maximum atomic E-state index is 13.3. The Bertz CT molecular complexity index is 1110. The van der Waals surface area contributed by atoms with Crippen molar-refractivity contribution in [3.8, 4) is 11.4 Å². The van der Waals surface area contributed by atoms with Crippen LogP contribution in [0.25, 0.3) is 5.69 Å². The summed E-state index contributed by atoms with van der Waals surface area (Å²) in [6, 6.07) is 12.9. The largest absolute Gasteiger partial charge is 0.508 e. The Kier molecular flexibility index (Phi) is 3.91. The predicted molar refractivity (Wildman–Crippen MR) is 104 cm³/mol. The fourth-order valence-corrected chi connectivity index (χ4v) is 3.86. The first kappa shape index (κ1) is 17.1. The van der Waals surface area contributed by atoms with Gasteiger partial charge in [0, 0.05) is 42.4 Å². The molecule has 0 aliphatic carbocycles. The molecule has 2 N–H and O–H groups in total. The fourth-order valence-electron chi connectivity index (χ4n) is 3.86. The lowest BCUT2D eigenvalue weighted by Crippen LogP contribution is -2.28. The number of anilines is 1. The van der Waals surface area contributed by atoms with Crippen LogP contribution in [-0.4, -0.2) is 20.4 Å². The number of fused-ring (bicyclic) bond motifs is 1. The topological polar surface area (TPSA) is 76.3 Å². The number of amides is 1. The van der Waals surface area contributed by atoms with Crippen molar-refractivity contribution in [2.24, 2.45) is 7.05 Å². The number of hydrogen-bond acceptors (Lipinski definition) is 3. The van der Waals surface area contributed by atoms with Gasteiger partial charge in [-0.25, -0.2) is 4.68 Å². The van der Waals surface area contributed by atoms with Crippen molar-refractivity contribution in [3.63, 3.8) is 0 Å². The van der Waals surface area contributed by atoms with Gasteiger partial charge in [0.1, 0.15) is 5.75 Å². The molecule has 0 unspecified atom stereocenters. The number of nitrogens with zero attached hydrogens (tertiary/aromatic N) is 2. The van der Waals surface area contributed by atoms with E-state index in [9.17, 15) is 14.7 Å². The van der Waals surface area contributed by atoms with Gasteiger partial charge in [0.25, 0.3) is 5.56 Å². The second-order valence-corrected chi connectivity index (χ2v) is 7.01. The summed E-state index contributed by atoms with van der Waals surface area (Å²) in [5.74, 6) is -0.387. The first-order valence-corrected chi connectivity index (χ1v) is 8.85. The van der Waals surface area contributed by atoms with E-state index in [4.69, 9.17) is 0 Å². The third kappa shape index (κ3) is 2.65. The molecule has 6 heteroatoms. The van der Waals surface area contributed by atoms with Crippen LogP contribution in [0, 0.1) is 13.8 Å². The SMILES string of the molecule is Cc1cc2c(cc1O)NC(=O)C[C@H]2c1c(C)n(C)n(-c2ccccc2)c1=O. The number of carbonyl (C=O) groups excluding carboxylic acids is 1. The number of para-hydroxylation sites is 1. The second-order valence-electron chi connectivity index (χ2n) is 7.01. The van der Waals surface area contributed by atoms with Crippen molar-refractivity contribution in [1.82, 2.24) is 9.36 Å². The zero-order chi connectivity index (χ0) is 19.3. The molecule has 0 saturated heterocycles. The Morgan fingerprint density at radius 3 is 2.52 bits per heavy atom. The molecular formula is C21H21N3O3. The third-order valence-electron chi connectivity index (χ3n) is 5.35. The van der Waals surface area contributed by atoms with E-state index in [0.717, 1.165) is 16.9 Å². The third-order valence-corrected chi connectivity index (χ3v) is 5.35.